The number of nitrogens with one attached hydrogen (secondary N) is 1. The molecular weight excluding hydrogens is 156 g/mol. The van der Waals surface area contributed by atoms with Gasteiger partial charge in [0, 0.05) is 6.04 Å². The summed E-state index contributed by atoms with van der Waals surface area (Å²) in [6.07, 6.45) is 0.386. The lowest BCUT2D eigenvalue weighted by Crippen LogP contribution is -2.46. The van der Waals surface area contributed by atoms with Crippen molar-refractivity contribution in [2.75, 3.05) is 13.2 Å². The van der Waals surface area contributed by atoms with Gasteiger partial charge in [0.15, 0.2) is 0 Å². The highest BCUT2D eigenvalue weighted by atomic mass is 35.5. The average molecular weight is 167 g/mol. The van der Waals surface area contributed by atoms with Crippen LogP contribution in [-0.2, 0) is 4.74 Å². The molecule has 1 heterocycles. The summed E-state index contributed by atoms with van der Waals surface area (Å²) < 4.78 is 4.52. The highest BCUT2D eigenvalue weighted by Gasteiger charge is 2.16. The quantitative estimate of drug-likeness (QED) is 0.601. The summed E-state index contributed by atoms with van der Waals surface area (Å²) >= 11 is 0. The van der Waals surface area contributed by atoms with Crippen LogP contribution in [0.3, 0.4) is 0 Å². The molecule has 0 spiro atoms. The second-order valence-corrected chi connectivity index (χ2v) is 2.07. The molecule has 0 radical (unpaired) electrons. The number of nitrogens with two attached hydrogens (primary N) is 1. The van der Waals surface area contributed by atoms with Crippen molar-refractivity contribution in [1.82, 2.24) is 5.32 Å². The first-order valence-electron chi connectivity index (χ1n) is 2.94. The maximum atomic E-state index is 10.0. The van der Waals surface area contributed by atoms with E-state index in [0.29, 0.717) is 12.6 Å². The minimum Gasteiger partial charge on any atom is -0.448 e. The normalized spacial score (nSPS) is 22.2. The minimum atomic E-state index is -0.691. The second kappa shape index (κ2) is 4.35. The van der Waals surface area contributed by atoms with E-state index in [2.05, 4.69) is 10.1 Å². The zero-order valence-corrected chi connectivity index (χ0v) is 6.32. The molecule has 60 valence electrons. The van der Waals surface area contributed by atoms with Gasteiger partial charge in [0.05, 0.1) is 0 Å². The van der Waals surface area contributed by atoms with Crippen molar-refractivity contribution in [2.24, 2.45) is 5.73 Å². The standard InChI is InChI=1S/C5H10N2O2.ClH/c6-5(8)9-3-4-1-2-7-4;/h4,7H,1-3H2,(H2,6,8);1H/t4-;/m1./s1. The van der Waals surface area contributed by atoms with Crippen molar-refractivity contribution in [3.8, 4) is 0 Å². The largest absolute Gasteiger partial charge is 0.448 e. The first-order valence-corrected chi connectivity index (χ1v) is 2.94. The number of rotatable bonds is 2. The van der Waals surface area contributed by atoms with Crippen LogP contribution < -0.4 is 11.1 Å². The maximum absolute atomic E-state index is 10.0. The zero-order chi connectivity index (χ0) is 6.69. The van der Waals surface area contributed by atoms with Crippen LogP contribution in [0.5, 0.6) is 0 Å². The third kappa shape index (κ3) is 2.89. The van der Waals surface area contributed by atoms with Gasteiger partial charge in [-0.2, -0.15) is 0 Å². The van der Waals surface area contributed by atoms with Crippen LogP contribution in [0.25, 0.3) is 0 Å². The third-order valence-electron chi connectivity index (χ3n) is 1.35. The Morgan fingerprint density at radius 2 is 2.40 bits per heavy atom. The molecule has 3 N–H and O–H groups in total. The Kier molecular flexibility index (Phi) is 4.14. The Bertz CT molecular complexity index is 116. The van der Waals surface area contributed by atoms with Crippen LogP contribution in [0, 0.1) is 0 Å². The molecular formula is C5H11ClN2O2. The summed E-state index contributed by atoms with van der Waals surface area (Å²) in [6.45, 7) is 1.43. The lowest BCUT2D eigenvalue weighted by Gasteiger charge is -2.26. The molecule has 0 aromatic heterocycles. The Labute approximate surface area is 65.5 Å². The summed E-state index contributed by atoms with van der Waals surface area (Å²) in [4.78, 5) is 10.0. The van der Waals surface area contributed by atoms with E-state index in [9.17, 15) is 4.79 Å². The van der Waals surface area contributed by atoms with Gasteiger partial charge in [0.1, 0.15) is 6.61 Å². The molecule has 4 nitrogen and oxygen atoms in total. The molecule has 1 saturated heterocycles. The van der Waals surface area contributed by atoms with E-state index >= 15 is 0 Å². The Morgan fingerprint density at radius 3 is 2.70 bits per heavy atom. The van der Waals surface area contributed by atoms with E-state index in [1.165, 1.54) is 0 Å². The topological polar surface area (TPSA) is 64.4 Å². The Balaban J connectivity index is 0.000000810. The summed E-state index contributed by atoms with van der Waals surface area (Å²) in [5.41, 5.74) is 4.73. The van der Waals surface area contributed by atoms with Crippen LogP contribution >= 0.6 is 12.4 Å². The fraction of sp³-hybridized carbons (Fsp3) is 0.800. The van der Waals surface area contributed by atoms with Gasteiger partial charge in [0.25, 0.3) is 0 Å². The van der Waals surface area contributed by atoms with Crippen LogP contribution in [-0.4, -0.2) is 25.3 Å². The van der Waals surface area contributed by atoms with Crippen molar-refractivity contribution >= 4 is 18.5 Å². The van der Waals surface area contributed by atoms with Gasteiger partial charge in [-0.3, -0.25) is 0 Å². The first kappa shape index (κ1) is 9.52. The highest BCUT2D eigenvalue weighted by molar-refractivity contribution is 5.85. The summed E-state index contributed by atoms with van der Waals surface area (Å²) in [6, 6.07) is 0.345. The van der Waals surface area contributed by atoms with E-state index in [1.54, 1.807) is 0 Å². The number of primary amides is 1. The molecule has 1 aliphatic rings. The van der Waals surface area contributed by atoms with E-state index < -0.39 is 6.09 Å². The van der Waals surface area contributed by atoms with Gasteiger partial charge in [-0.15, -0.1) is 12.4 Å². The maximum Gasteiger partial charge on any atom is 0.404 e. The number of ether oxygens (including phenoxy) is 1. The van der Waals surface area contributed by atoms with Crippen molar-refractivity contribution in [2.45, 2.75) is 12.5 Å². The molecule has 0 saturated carbocycles. The van der Waals surface area contributed by atoms with Gasteiger partial charge in [-0.25, -0.2) is 4.79 Å². The van der Waals surface area contributed by atoms with E-state index in [1.807, 2.05) is 0 Å². The smallest absolute Gasteiger partial charge is 0.404 e. The molecule has 0 aliphatic carbocycles. The average Bonchev–Trinajstić information content (AvgIpc) is 1.60. The zero-order valence-electron chi connectivity index (χ0n) is 5.50. The van der Waals surface area contributed by atoms with Crippen molar-refractivity contribution in [3.63, 3.8) is 0 Å². The van der Waals surface area contributed by atoms with Crippen molar-refractivity contribution in [1.29, 1.82) is 0 Å². The van der Waals surface area contributed by atoms with Crippen LogP contribution in [0.2, 0.25) is 0 Å². The van der Waals surface area contributed by atoms with Crippen LogP contribution in [0.15, 0.2) is 0 Å². The monoisotopic (exact) mass is 166 g/mol. The molecule has 1 amide bonds. The predicted octanol–water partition coefficient (Wildman–Crippen LogP) is -0.135. The fourth-order valence-electron chi connectivity index (χ4n) is 0.673. The highest BCUT2D eigenvalue weighted by Crippen LogP contribution is 2.00. The van der Waals surface area contributed by atoms with Gasteiger partial charge < -0.3 is 15.8 Å². The number of halogens is 1. The first-order chi connectivity index (χ1) is 4.29. The molecule has 0 unspecified atom stereocenters. The lowest BCUT2D eigenvalue weighted by molar-refractivity contribution is 0.129. The van der Waals surface area contributed by atoms with Crippen LogP contribution in [0.4, 0.5) is 4.79 Å². The SMILES string of the molecule is Cl.NC(=O)OC[C@H]1CCN1. The molecule has 0 aromatic carbocycles. The number of amides is 1. The molecule has 1 aliphatic heterocycles. The number of hydrogen-bond donors (Lipinski definition) is 2. The molecule has 0 bridgehead atoms. The Morgan fingerprint density at radius 1 is 1.80 bits per heavy atom. The molecule has 1 fully saturated rings. The van der Waals surface area contributed by atoms with E-state index in [0.717, 1.165) is 13.0 Å². The second-order valence-electron chi connectivity index (χ2n) is 2.07. The molecule has 5 heteroatoms. The molecule has 10 heavy (non-hydrogen) atoms. The fourth-order valence-corrected chi connectivity index (χ4v) is 0.673. The summed E-state index contributed by atoms with van der Waals surface area (Å²) in [7, 11) is 0. The van der Waals surface area contributed by atoms with Crippen molar-refractivity contribution < 1.29 is 9.53 Å². The summed E-state index contributed by atoms with van der Waals surface area (Å²) in [5, 5.41) is 3.07. The van der Waals surface area contributed by atoms with Crippen LogP contribution in [0.1, 0.15) is 6.42 Å². The van der Waals surface area contributed by atoms with Gasteiger partial charge in [-0.1, -0.05) is 0 Å². The number of carbonyl (C=O) groups excluding carboxylic acids is 1. The predicted molar refractivity (Wildman–Crippen MR) is 39.2 cm³/mol. The number of hydrogen-bond acceptors (Lipinski definition) is 3. The van der Waals surface area contributed by atoms with Gasteiger partial charge in [-0.05, 0) is 13.0 Å². The third-order valence-corrected chi connectivity index (χ3v) is 1.35. The van der Waals surface area contributed by atoms with Gasteiger partial charge in [0.2, 0.25) is 0 Å². The number of carbonyl (C=O) groups is 1. The van der Waals surface area contributed by atoms with Crippen molar-refractivity contribution in [3.05, 3.63) is 0 Å². The van der Waals surface area contributed by atoms with E-state index in [-0.39, 0.29) is 12.4 Å². The molecule has 1 atom stereocenters. The lowest BCUT2D eigenvalue weighted by atomic mass is 10.1. The van der Waals surface area contributed by atoms with E-state index in [4.69, 9.17) is 5.73 Å². The summed E-state index contributed by atoms with van der Waals surface area (Å²) in [5.74, 6) is 0. The minimum absolute atomic E-state index is 0. The molecule has 1 rings (SSSR count). The van der Waals surface area contributed by atoms with Gasteiger partial charge >= 0.3 is 6.09 Å². The Hall–Kier alpha value is -0.480. The molecule has 0 aromatic rings.